The highest BCUT2D eigenvalue weighted by Gasteiger charge is 2.23. The maximum atomic E-state index is 12.4. The van der Waals surface area contributed by atoms with Crippen LogP contribution in [0.25, 0.3) is 0 Å². The molecule has 1 heterocycles. The van der Waals surface area contributed by atoms with E-state index in [-0.39, 0.29) is 17.9 Å². The molecule has 0 saturated carbocycles. The molecule has 0 aliphatic carbocycles. The number of carbonyl (C=O) groups excluding carboxylic acids is 2. The number of nitrogens with zero attached hydrogens (tertiary/aromatic N) is 1. The molecule has 2 amide bonds. The number of hydrogen-bond acceptors (Lipinski definition) is 3. The van der Waals surface area contributed by atoms with Gasteiger partial charge in [0, 0.05) is 25.6 Å². The van der Waals surface area contributed by atoms with Crippen molar-refractivity contribution < 1.29 is 14.3 Å². The lowest BCUT2D eigenvalue weighted by Gasteiger charge is -2.32. The molecule has 28 heavy (non-hydrogen) atoms. The summed E-state index contributed by atoms with van der Waals surface area (Å²) in [7, 11) is 0. The van der Waals surface area contributed by atoms with Gasteiger partial charge in [-0.1, -0.05) is 48.5 Å². The molecule has 148 valence electrons. The van der Waals surface area contributed by atoms with Crippen molar-refractivity contribution in [2.24, 2.45) is 0 Å². The minimum absolute atomic E-state index is 0.00443. The smallest absolute Gasteiger partial charge is 0.223 e. The van der Waals surface area contributed by atoms with Crippen molar-refractivity contribution in [2.75, 3.05) is 19.7 Å². The first-order valence-electron chi connectivity index (χ1n) is 9.99. The van der Waals surface area contributed by atoms with Gasteiger partial charge >= 0.3 is 0 Å². The Morgan fingerprint density at radius 1 is 0.929 bits per heavy atom. The summed E-state index contributed by atoms with van der Waals surface area (Å²) < 4.78 is 5.56. The molecule has 0 radical (unpaired) electrons. The molecular formula is C23H28N2O3. The minimum Gasteiger partial charge on any atom is -0.493 e. The van der Waals surface area contributed by atoms with Crippen LogP contribution in [0.2, 0.25) is 0 Å². The Morgan fingerprint density at radius 2 is 1.57 bits per heavy atom. The fraction of sp³-hybridized carbons (Fsp3) is 0.391. The molecule has 5 heteroatoms. The van der Waals surface area contributed by atoms with Gasteiger partial charge in [-0.15, -0.1) is 0 Å². The second kappa shape index (κ2) is 10.5. The van der Waals surface area contributed by atoms with Crippen LogP contribution in [0.5, 0.6) is 5.75 Å². The van der Waals surface area contributed by atoms with E-state index >= 15 is 0 Å². The standard InChI is InChI=1S/C23H28N2O3/c26-22(15-18-28-21-9-5-2-6-10-21)24-20-13-16-25(17-14-20)23(27)12-11-19-7-3-1-4-8-19/h1-10,20H,11-18H2,(H,24,26). The van der Waals surface area contributed by atoms with Crippen molar-refractivity contribution in [2.45, 2.75) is 38.1 Å². The molecular weight excluding hydrogens is 352 g/mol. The normalized spacial score (nSPS) is 14.5. The van der Waals surface area contributed by atoms with Crippen molar-refractivity contribution in [3.8, 4) is 5.75 Å². The minimum atomic E-state index is 0.00443. The summed E-state index contributed by atoms with van der Waals surface area (Å²) in [6.45, 7) is 1.78. The van der Waals surface area contributed by atoms with Crippen LogP contribution < -0.4 is 10.1 Å². The summed E-state index contributed by atoms with van der Waals surface area (Å²) in [6, 6.07) is 19.7. The fourth-order valence-electron chi connectivity index (χ4n) is 3.41. The second-order valence-electron chi connectivity index (χ2n) is 7.12. The number of benzene rings is 2. The van der Waals surface area contributed by atoms with E-state index in [9.17, 15) is 9.59 Å². The summed E-state index contributed by atoms with van der Waals surface area (Å²) in [6.07, 6.45) is 3.27. The van der Waals surface area contributed by atoms with Crippen LogP contribution in [0, 0.1) is 0 Å². The quantitative estimate of drug-likeness (QED) is 0.765. The molecule has 2 aromatic carbocycles. The number of hydrogen-bond donors (Lipinski definition) is 1. The molecule has 0 atom stereocenters. The van der Waals surface area contributed by atoms with Gasteiger partial charge in [-0.05, 0) is 37.0 Å². The molecule has 1 N–H and O–H groups in total. The van der Waals surface area contributed by atoms with E-state index in [1.54, 1.807) is 0 Å². The number of amides is 2. The lowest BCUT2D eigenvalue weighted by atomic mass is 10.0. The molecule has 5 nitrogen and oxygen atoms in total. The van der Waals surface area contributed by atoms with Gasteiger partial charge in [-0.3, -0.25) is 9.59 Å². The van der Waals surface area contributed by atoms with E-state index in [4.69, 9.17) is 4.74 Å². The lowest BCUT2D eigenvalue weighted by Crippen LogP contribution is -2.46. The summed E-state index contributed by atoms with van der Waals surface area (Å²) in [5, 5.41) is 3.07. The van der Waals surface area contributed by atoms with Gasteiger partial charge in [0.25, 0.3) is 0 Å². The zero-order valence-corrected chi connectivity index (χ0v) is 16.2. The van der Waals surface area contributed by atoms with E-state index < -0.39 is 0 Å². The van der Waals surface area contributed by atoms with Crippen LogP contribution in [-0.4, -0.2) is 42.5 Å². The first kappa shape index (κ1) is 19.9. The molecule has 1 aliphatic rings. The Kier molecular flexibility index (Phi) is 7.47. The Morgan fingerprint density at radius 3 is 2.25 bits per heavy atom. The summed E-state index contributed by atoms with van der Waals surface area (Å²) in [4.78, 5) is 26.4. The highest BCUT2D eigenvalue weighted by molar-refractivity contribution is 5.77. The van der Waals surface area contributed by atoms with Crippen molar-refractivity contribution in [1.29, 1.82) is 0 Å². The maximum absolute atomic E-state index is 12.4. The van der Waals surface area contributed by atoms with E-state index in [0.29, 0.717) is 32.5 Å². The third-order valence-electron chi connectivity index (χ3n) is 5.02. The van der Waals surface area contributed by atoms with Crippen LogP contribution in [0.15, 0.2) is 60.7 Å². The number of likely N-dealkylation sites (tertiary alicyclic amines) is 1. The van der Waals surface area contributed by atoms with Gasteiger partial charge in [-0.2, -0.15) is 0 Å². The highest BCUT2D eigenvalue weighted by atomic mass is 16.5. The average Bonchev–Trinajstić information content (AvgIpc) is 2.74. The third kappa shape index (κ3) is 6.41. The molecule has 1 saturated heterocycles. The topological polar surface area (TPSA) is 58.6 Å². The van der Waals surface area contributed by atoms with Gasteiger partial charge in [0.2, 0.25) is 11.8 Å². The number of para-hydroxylation sites is 1. The molecule has 1 fully saturated rings. The third-order valence-corrected chi connectivity index (χ3v) is 5.02. The largest absolute Gasteiger partial charge is 0.493 e. The summed E-state index contributed by atoms with van der Waals surface area (Å²) >= 11 is 0. The van der Waals surface area contributed by atoms with Gasteiger partial charge in [-0.25, -0.2) is 0 Å². The van der Waals surface area contributed by atoms with E-state index in [0.717, 1.165) is 25.0 Å². The number of aryl methyl sites for hydroxylation is 1. The van der Waals surface area contributed by atoms with Gasteiger partial charge in [0.15, 0.2) is 0 Å². The zero-order valence-electron chi connectivity index (χ0n) is 16.2. The molecule has 2 aromatic rings. The highest BCUT2D eigenvalue weighted by Crippen LogP contribution is 2.13. The van der Waals surface area contributed by atoms with Crippen molar-refractivity contribution >= 4 is 11.8 Å². The van der Waals surface area contributed by atoms with Gasteiger partial charge in [0.05, 0.1) is 13.0 Å². The summed E-state index contributed by atoms with van der Waals surface area (Å²) in [5.74, 6) is 0.979. The molecule has 1 aliphatic heterocycles. The van der Waals surface area contributed by atoms with Gasteiger partial charge in [0.1, 0.15) is 5.75 Å². The predicted octanol–water partition coefficient (Wildman–Crippen LogP) is 3.20. The molecule has 0 spiro atoms. The van der Waals surface area contributed by atoms with E-state index in [2.05, 4.69) is 17.4 Å². The van der Waals surface area contributed by atoms with Crippen LogP contribution in [0.4, 0.5) is 0 Å². The number of carbonyl (C=O) groups is 2. The number of rotatable bonds is 8. The van der Waals surface area contributed by atoms with Crippen LogP contribution in [0.3, 0.4) is 0 Å². The number of nitrogens with one attached hydrogen (secondary N) is 1. The second-order valence-corrected chi connectivity index (χ2v) is 7.12. The SMILES string of the molecule is O=C(CCOc1ccccc1)NC1CCN(C(=O)CCc2ccccc2)CC1. The maximum Gasteiger partial charge on any atom is 0.223 e. The molecule has 0 unspecified atom stereocenters. The zero-order chi connectivity index (χ0) is 19.6. The Hall–Kier alpha value is -2.82. The average molecular weight is 380 g/mol. The van der Waals surface area contributed by atoms with Crippen molar-refractivity contribution in [3.05, 3.63) is 66.2 Å². The number of piperidine rings is 1. The monoisotopic (exact) mass is 380 g/mol. The van der Waals surface area contributed by atoms with Crippen LogP contribution in [-0.2, 0) is 16.0 Å². The number of ether oxygens (including phenoxy) is 1. The predicted molar refractivity (Wildman–Crippen MR) is 109 cm³/mol. The van der Waals surface area contributed by atoms with E-state index in [1.807, 2.05) is 53.4 Å². The molecule has 0 aromatic heterocycles. The van der Waals surface area contributed by atoms with E-state index in [1.165, 1.54) is 5.56 Å². The summed E-state index contributed by atoms with van der Waals surface area (Å²) in [5.41, 5.74) is 1.19. The molecule has 3 rings (SSSR count). The first-order valence-corrected chi connectivity index (χ1v) is 9.99. The first-order chi connectivity index (χ1) is 13.7. The lowest BCUT2D eigenvalue weighted by molar-refractivity contribution is -0.132. The van der Waals surface area contributed by atoms with Crippen LogP contribution in [0.1, 0.15) is 31.2 Å². The van der Waals surface area contributed by atoms with Gasteiger partial charge < -0.3 is 15.0 Å². The fourth-order valence-corrected chi connectivity index (χ4v) is 3.41. The molecule has 0 bridgehead atoms. The Balaban J connectivity index is 1.31. The van der Waals surface area contributed by atoms with Crippen molar-refractivity contribution in [3.63, 3.8) is 0 Å². The Bertz CT molecular complexity index is 741. The Labute approximate surface area is 166 Å². The van der Waals surface area contributed by atoms with Crippen LogP contribution >= 0.6 is 0 Å². The van der Waals surface area contributed by atoms with Crippen molar-refractivity contribution in [1.82, 2.24) is 10.2 Å².